The van der Waals surface area contributed by atoms with E-state index < -0.39 is 5.60 Å². The molecular formula is C17H32BrNO4. The highest BCUT2D eigenvalue weighted by Gasteiger charge is 2.38. The number of likely N-dealkylation sites (tertiary alicyclic amines) is 1. The Bertz CT molecular complexity index is 389. The molecule has 1 rings (SSSR count). The Balaban J connectivity index is 2.55. The third-order valence-corrected chi connectivity index (χ3v) is 4.48. The minimum atomic E-state index is -0.479. The summed E-state index contributed by atoms with van der Waals surface area (Å²) in [6, 6.07) is 0. The molecule has 0 radical (unpaired) electrons. The zero-order chi connectivity index (χ0) is 17.7. The fraction of sp³-hybridized carbons (Fsp3) is 0.941. The first-order valence-corrected chi connectivity index (χ1v) is 9.40. The number of nitrogens with zero attached hydrogens (tertiary/aromatic N) is 1. The summed E-state index contributed by atoms with van der Waals surface area (Å²) in [7, 11) is 0. The monoisotopic (exact) mass is 393 g/mol. The van der Waals surface area contributed by atoms with Gasteiger partial charge in [-0.25, -0.2) is 4.79 Å². The normalized spacial score (nSPS) is 23.0. The highest BCUT2D eigenvalue weighted by atomic mass is 79.9. The van der Waals surface area contributed by atoms with E-state index in [0.29, 0.717) is 31.6 Å². The molecule has 136 valence electrons. The maximum Gasteiger partial charge on any atom is 0.410 e. The molecule has 1 atom stereocenters. The van der Waals surface area contributed by atoms with Crippen LogP contribution in [0.1, 0.15) is 54.4 Å². The fourth-order valence-corrected chi connectivity index (χ4v) is 3.07. The Morgan fingerprint density at radius 3 is 2.30 bits per heavy atom. The Morgan fingerprint density at radius 1 is 1.13 bits per heavy atom. The molecule has 1 heterocycles. The Labute approximate surface area is 149 Å². The van der Waals surface area contributed by atoms with Gasteiger partial charge < -0.3 is 19.1 Å². The smallest absolute Gasteiger partial charge is 0.410 e. The third-order valence-electron chi connectivity index (χ3n) is 3.46. The summed E-state index contributed by atoms with van der Waals surface area (Å²) < 4.78 is 17.3. The van der Waals surface area contributed by atoms with E-state index in [2.05, 4.69) is 15.9 Å². The van der Waals surface area contributed by atoms with E-state index in [1.807, 2.05) is 41.5 Å². The molecule has 6 heteroatoms. The molecule has 1 unspecified atom stereocenters. The van der Waals surface area contributed by atoms with Crippen LogP contribution in [0, 0.1) is 0 Å². The van der Waals surface area contributed by atoms with Crippen molar-refractivity contribution in [3.8, 4) is 0 Å². The Kier molecular flexibility index (Phi) is 7.36. The highest BCUT2D eigenvalue weighted by Crippen LogP contribution is 2.28. The molecule has 5 nitrogen and oxygen atoms in total. The van der Waals surface area contributed by atoms with Crippen LogP contribution in [0.3, 0.4) is 0 Å². The van der Waals surface area contributed by atoms with Crippen LogP contribution in [0.4, 0.5) is 4.79 Å². The summed E-state index contributed by atoms with van der Waals surface area (Å²) in [6.07, 6.45) is 1.56. The van der Waals surface area contributed by atoms with Gasteiger partial charge in [-0.3, -0.25) is 0 Å². The minimum Gasteiger partial charge on any atom is -0.444 e. The van der Waals surface area contributed by atoms with Gasteiger partial charge in [0.05, 0.1) is 31.0 Å². The van der Waals surface area contributed by atoms with Crippen molar-refractivity contribution >= 4 is 22.0 Å². The maximum absolute atomic E-state index is 12.3. The average molecular weight is 394 g/mol. The molecule has 1 amide bonds. The molecular weight excluding hydrogens is 362 g/mol. The number of amides is 1. The van der Waals surface area contributed by atoms with Gasteiger partial charge in [-0.15, -0.1) is 0 Å². The lowest BCUT2D eigenvalue weighted by Gasteiger charge is -2.42. The molecule has 0 saturated carbocycles. The first-order valence-electron chi connectivity index (χ1n) is 8.28. The molecule has 0 aromatic heterocycles. The molecule has 0 spiro atoms. The lowest BCUT2D eigenvalue weighted by atomic mass is 9.95. The van der Waals surface area contributed by atoms with Crippen molar-refractivity contribution in [3.05, 3.63) is 0 Å². The summed E-state index contributed by atoms with van der Waals surface area (Å²) in [4.78, 5) is 14.0. The first kappa shape index (κ1) is 20.7. The average Bonchev–Trinajstić information content (AvgIpc) is 2.41. The van der Waals surface area contributed by atoms with Crippen molar-refractivity contribution < 1.29 is 19.0 Å². The number of halogens is 1. The van der Waals surface area contributed by atoms with Gasteiger partial charge in [-0.05, 0) is 54.4 Å². The van der Waals surface area contributed by atoms with Crippen LogP contribution < -0.4 is 0 Å². The summed E-state index contributed by atoms with van der Waals surface area (Å²) in [5, 5.41) is 0.689. The fourth-order valence-electron chi connectivity index (χ4n) is 2.45. The zero-order valence-corrected chi connectivity index (χ0v) is 17.0. The lowest BCUT2D eigenvalue weighted by Crippen LogP contribution is -2.54. The van der Waals surface area contributed by atoms with Crippen molar-refractivity contribution in [2.75, 3.05) is 31.6 Å². The summed E-state index contributed by atoms with van der Waals surface area (Å²) >= 11 is 3.55. The number of alkyl halides is 1. The van der Waals surface area contributed by atoms with Crippen molar-refractivity contribution in [1.82, 2.24) is 4.90 Å². The van der Waals surface area contributed by atoms with E-state index in [9.17, 15) is 4.79 Å². The Morgan fingerprint density at radius 2 is 1.78 bits per heavy atom. The van der Waals surface area contributed by atoms with Gasteiger partial charge in [0.25, 0.3) is 0 Å². The topological polar surface area (TPSA) is 48.0 Å². The van der Waals surface area contributed by atoms with E-state index in [1.165, 1.54) is 0 Å². The summed E-state index contributed by atoms with van der Waals surface area (Å²) in [5.74, 6) is 0. The third kappa shape index (κ3) is 7.86. The molecule has 0 N–H and O–H groups in total. The predicted molar refractivity (Wildman–Crippen MR) is 95.2 cm³/mol. The van der Waals surface area contributed by atoms with E-state index in [1.54, 1.807) is 4.90 Å². The maximum atomic E-state index is 12.3. The second-order valence-electron chi connectivity index (χ2n) is 8.13. The number of rotatable bonds is 5. The number of piperidine rings is 1. The van der Waals surface area contributed by atoms with Crippen LogP contribution in [0.25, 0.3) is 0 Å². The van der Waals surface area contributed by atoms with Crippen molar-refractivity contribution in [3.63, 3.8) is 0 Å². The molecule has 0 bridgehead atoms. The van der Waals surface area contributed by atoms with Crippen LogP contribution >= 0.6 is 15.9 Å². The molecule has 1 aliphatic heterocycles. The summed E-state index contributed by atoms with van der Waals surface area (Å²) in [5.41, 5.74) is -1.01. The van der Waals surface area contributed by atoms with Crippen LogP contribution in [0.15, 0.2) is 0 Å². The molecule has 1 aliphatic rings. The van der Waals surface area contributed by atoms with E-state index >= 15 is 0 Å². The number of hydrogen-bond donors (Lipinski definition) is 0. The molecule has 0 aliphatic carbocycles. The van der Waals surface area contributed by atoms with Crippen LogP contribution in [0.5, 0.6) is 0 Å². The molecule has 1 saturated heterocycles. The molecule has 0 aromatic carbocycles. The predicted octanol–water partition coefficient (Wildman–Crippen LogP) is 3.98. The number of ether oxygens (including phenoxy) is 3. The van der Waals surface area contributed by atoms with Crippen LogP contribution in [-0.2, 0) is 14.2 Å². The summed E-state index contributed by atoms with van der Waals surface area (Å²) in [6.45, 7) is 14.0. The molecule has 23 heavy (non-hydrogen) atoms. The standard InChI is InChI=1S/C17H32BrNO4/c1-15(2,3)21-10-11-22-17(12-18)8-7-9-19(13-17)14(20)23-16(4,5)6/h7-13H2,1-6H3. The van der Waals surface area contributed by atoms with Gasteiger partial charge in [0.2, 0.25) is 0 Å². The minimum absolute atomic E-state index is 0.167. The lowest BCUT2D eigenvalue weighted by molar-refractivity contribution is -0.106. The highest BCUT2D eigenvalue weighted by molar-refractivity contribution is 9.09. The van der Waals surface area contributed by atoms with Gasteiger partial charge in [0, 0.05) is 11.9 Å². The van der Waals surface area contributed by atoms with Gasteiger partial charge >= 0.3 is 6.09 Å². The molecule has 0 aromatic rings. The zero-order valence-electron chi connectivity index (χ0n) is 15.4. The first-order chi connectivity index (χ1) is 10.5. The van der Waals surface area contributed by atoms with E-state index in [0.717, 1.165) is 12.8 Å². The van der Waals surface area contributed by atoms with Gasteiger partial charge in [0.15, 0.2) is 0 Å². The van der Waals surface area contributed by atoms with Gasteiger partial charge in [-0.2, -0.15) is 0 Å². The largest absolute Gasteiger partial charge is 0.444 e. The van der Waals surface area contributed by atoms with Gasteiger partial charge in [-0.1, -0.05) is 15.9 Å². The molecule has 1 fully saturated rings. The quantitative estimate of drug-likeness (QED) is 0.523. The van der Waals surface area contributed by atoms with E-state index in [-0.39, 0.29) is 17.3 Å². The Hall–Kier alpha value is -0.330. The van der Waals surface area contributed by atoms with E-state index in [4.69, 9.17) is 14.2 Å². The second kappa shape index (κ2) is 8.17. The SMILES string of the molecule is CC(C)(C)OCCOC1(CBr)CCCN(C(=O)OC(C)(C)C)C1. The van der Waals surface area contributed by atoms with Crippen molar-refractivity contribution in [1.29, 1.82) is 0 Å². The van der Waals surface area contributed by atoms with Crippen molar-refractivity contribution in [2.24, 2.45) is 0 Å². The van der Waals surface area contributed by atoms with Crippen LogP contribution in [0.2, 0.25) is 0 Å². The van der Waals surface area contributed by atoms with Crippen molar-refractivity contribution in [2.45, 2.75) is 71.2 Å². The second-order valence-corrected chi connectivity index (χ2v) is 8.69. The van der Waals surface area contributed by atoms with Gasteiger partial charge in [0.1, 0.15) is 5.60 Å². The number of carbonyl (C=O) groups excluding carboxylic acids is 1. The number of carbonyl (C=O) groups is 1. The van der Waals surface area contributed by atoms with Crippen LogP contribution in [-0.4, -0.2) is 59.4 Å². The number of hydrogen-bond acceptors (Lipinski definition) is 4.